The Hall–Kier alpha value is -2.05. The van der Waals surface area contributed by atoms with Crippen LogP contribution in [-0.2, 0) is 4.79 Å². The number of nitrogen functional groups attached to an aromatic ring is 1. The van der Waals surface area contributed by atoms with Crippen LogP contribution in [0.4, 0.5) is 11.5 Å². The van der Waals surface area contributed by atoms with Crippen LogP contribution in [0.3, 0.4) is 0 Å². The first kappa shape index (κ1) is 11.4. The van der Waals surface area contributed by atoms with Crippen molar-refractivity contribution in [3.63, 3.8) is 0 Å². The third kappa shape index (κ3) is 2.08. The number of nitrogens with zero attached hydrogens (tertiary/aromatic N) is 2. The molecule has 92 valence electrons. The van der Waals surface area contributed by atoms with Crippen LogP contribution in [0.25, 0.3) is 0 Å². The number of H-pyrrole nitrogens is 1. The van der Waals surface area contributed by atoms with E-state index in [1.165, 1.54) is 6.33 Å². The van der Waals surface area contributed by atoms with E-state index in [4.69, 9.17) is 10.8 Å². The van der Waals surface area contributed by atoms with E-state index in [2.05, 4.69) is 9.97 Å². The monoisotopic (exact) mass is 238 g/mol. The van der Waals surface area contributed by atoms with Gasteiger partial charge < -0.3 is 20.7 Å². The minimum absolute atomic E-state index is 0.0272. The second kappa shape index (κ2) is 4.44. The number of aromatic amines is 1. The minimum atomic E-state index is -0.911. The Balaban J connectivity index is 2.39. The summed E-state index contributed by atoms with van der Waals surface area (Å²) in [5.41, 5.74) is 5.17. The molecule has 17 heavy (non-hydrogen) atoms. The Morgan fingerprint density at radius 2 is 2.35 bits per heavy atom. The van der Waals surface area contributed by atoms with E-state index in [1.54, 1.807) is 4.90 Å². The SMILES string of the molecule is Nc1c(N2CCCCC2C(=O)O)nc[nH]c1=O. The summed E-state index contributed by atoms with van der Waals surface area (Å²) in [6.07, 6.45) is 3.51. The summed E-state index contributed by atoms with van der Waals surface area (Å²) in [7, 11) is 0. The Morgan fingerprint density at radius 1 is 1.59 bits per heavy atom. The normalized spacial score (nSPS) is 20.2. The number of piperidine rings is 1. The lowest BCUT2D eigenvalue weighted by Crippen LogP contribution is -2.46. The fourth-order valence-electron chi connectivity index (χ4n) is 2.07. The Morgan fingerprint density at radius 3 is 3.06 bits per heavy atom. The number of nitrogens with two attached hydrogens (primary N) is 1. The van der Waals surface area contributed by atoms with Crippen molar-refractivity contribution in [2.75, 3.05) is 17.2 Å². The molecule has 1 aliphatic rings. The van der Waals surface area contributed by atoms with Crippen LogP contribution in [0.5, 0.6) is 0 Å². The molecule has 0 spiro atoms. The number of hydrogen-bond donors (Lipinski definition) is 3. The van der Waals surface area contributed by atoms with E-state index in [0.717, 1.165) is 12.8 Å². The minimum Gasteiger partial charge on any atom is -0.480 e. The second-order valence-corrected chi connectivity index (χ2v) is 4.01. The molecule has 0 aromatic carbocycles. The lowest BCUT2D eigenvalue weighted by Gasteiger charge is -2.34. The maximum atomic E-state index is 11.4. The largest absolute Gasteiger partial charge is 0.480 e. The number of carboxylic acids is 1. The van der Waals surface area contributed by atoms with E-state index in [9.17, 15) is 9.59 Å². The highest BCUT2D eigenvalue weighted by atomic mass is 16.4. The summed E-state index contributed by atoms with van der Waals surface area (Å²) < 4.78 is 0. The number of aromatic nitrogens is 2. The van der Waals surface area contributed by atoms with Crippen molar-refractivity contribution < 1.29 is 9.90 Å². The van der Waals surface area contributed by atoms with Crippen LogP contribution >= 0.6 is 0 Å². The van der Waals surface area contributed by atoms with Gasteiger partial charge in [0.2, 0.25) is 0 Å². The average molecular weight is 238 g/mol. The zero-order valence-corrected chi connectivity index (χ0v) is 9.22. The van der Waals surface area contributed by atoms with Crippen molar-refractivity contribution >= 4 is 17.5 Å². The first-order valence-electron chi connectivity index (χ1n) is 5.44. The highest BCUT2D eigenvalue weighted by molar-refractivity contribution is 5.79. The summed E-state index contributed by atoms with van der Waals surface area (Å²) in [5, 5.41) is 9.13. The number of carboxylic acid groups (broad SMARTS) is 1. The van der Waals surface area contributed by atoms with Crippen LogP contribution in [0.2, 0.25) is 0 Å². The third-order valence-corrected chi connectivity index (χ3v) is 2.93. The molecule has 2 heterocycles. The highest BCUT2D eigenvalue weighted by Gasteiger charge is 2.30. The summed E-state index contributed by atoms with van der Waals surface area (Å²) in [6.45, 7) is 0.553. The standard InChI is InChI=1S/C10H14N4O3/c11-7-8(12-5-13-9(7)15)14-4-2-1-3-6(14)10(16)17/h5-6H,1-4,11H2,(H,16,17)(H,12,13,15). The number of carbonyl (C=O) groups is 1. The molecule has 1 aromatic heterocycles. The maximum absolute atomic E-state index is 11.4. The first-order valence-corrected chi connectivity index (χ1v) is 5.44. The fraction of sp³-hybridized carbons (Fsp3) is 0.500. The van der Waals surface area contributed by atoms with Crippen molar-refractivity contribution in [1.82, 2.24) is 9.97 Å². The molecular formula is C10H14N4O3. The number of anilines is 2. The van der Waals surface area contributed by atoms with Gasteiger partial charge in [-0.3, -0.25) is 4.79 Å². The molecule has 1 atom stereocenters. The summed E-state index contributed by atoms with van der Waals surface area (Å²) >= 11 is 0. The maximum Gasteiger partial charge on any atom is 0.326 e. The lowest BCUT2D eigenvalue weighted by molar-refractivity contribution is -0.139. The van der Waals surface area contributed by atoms with Crippen molar-refractivity contribution in [3.05, 3.63) is 16.7 Å². The molecule has 1 saturated heterocycles. The lowest BCUT2D eigenvalue weighted by atomic mass is 10.0. The van der Waals surface area contributed by atoms with E-state index in [0.29, 0.717) is 13.0 Å². The van der Waals surface area contributed by atoms with Gasteiger partial charge in [-0.1, -0.05) is 0 Å². The van der Waals surface area contributed by atoms with Gasteiger partial charge in [0.25, 0.3) is 5.56 Å². The number of aliphatic carboxylic acids is 1. The molecule has 0 bridgehead atoms. The molecule has 7 heteroatoms. The molecule has 0 radical (unpaired) electrons. The molecule has 1 aliphatic heterocycles. The molecule has 1 fully saturated rings. The quantitative estimate of drug-likeness (QED) is 0.657. The molecule has 1 aromatic rings. The Kier molecular flexibility index (Phi) is 2.99. The van der Waals surface area contributed by atoms with Gasteiger partial charge >= 0.3 is 5.97 Å². The van der Waals surface area contributed by atoms with E-state index < -0.39 is 17.6 Å². The fourth-order valence-corrected chi connectivity index (χ4v) is 2.07. The van der Waals surface area contributed by atoms with Crippen molar-refractivity contribution in [3.8, 4) is 0 Å². The highest BCUT2D eigenvalue weighted by Crippen LogP contribution is 2.25. The summed E-state index contributed by atoms with van der Waals surface area (Å²) in [6, 6.07) is -0.652. The molecule has 0 aliphatic carbocycles. The van der Waals surface area contributed by atoms with Crippen LogP contribution in [0, 0.1) is 0 Å². The van der Waals surface area contributed by atoms with Crippen LogP contribution < -0.4 is 16.2 Å². The average Bonchev–Trinajstić information content (AvgIpc) is 2.33. The van der Waals surface area contributed by atoms with E-state index in [-0.39, 0.29) is 11.5 Å². The van der Waals surface area contributed by atoms with Crippen molar-refractivity contribution in [2.24, 2.45) is 0 Å². The van der Waals surface area contributed by atoms with Crippen LogP contribution in [0.15, 0.2) is 11.1 Å². The zero-order chi connectivity index (χ0) is 12.4. The number of nitrogens with one attached hydrogen (secondary N) is 1. The van der Waals surface area contributed by atoms with Gasteiger partial charge in [0, 0.05) is 6.54 Å². The van der Waals surface area contributed by atoms with Gasteiger partial charge in [-0.15, -0.1) is 0 Å². The van der Waals surface area contributed by atoms with Crippen molar-refractivity contribution in [1.29, 1.82) is 0 Å². The second-order valence-electron chi connectivity index (χ2n) is 4.01. The predicted molar refractivity (Wildman–Crippen MR) is 61.9 cm³/mol. The predicted octanol–water partition coefficient (Wildman–Crippen LogP) is -0.204. The van der Waals surface area contributed by atoms with E-state index >= 15 is 0 Å². The Labute approximate surface area is 97.3 Å². The third-order valence-electron chi connectivity index (χ3n) is 2.93. The smallest absolute Gasteiger partial charge is 0.326 e. The van der Waals surface area contributed by atoms with Gasteiger partial charge in [0.1, 0.15) is 11.7 Å². The molecule has 0 saturated carbocycles. The van der Waals surface area contributed by atoms with E-state index in [1.807, 2.05) is 0 Å². The van der Waals surface area contributed by atoms with Crippen LogP contribution in [-0.4, -0.2) is 33.6 Å². The molecular weight excluding hydrogens is 224 g/mol. The Bertz CT molecular complexity index is 485. The molecule has 1 unspecified atom stereocenters. The molecule has 2 rings (SSSR count). The van der Waals surface area contributed by atoms with Gasteiger partial charge in [-0.05, 0) is 19.3 Å². The number of hydrogen-bond acceptors (Lipinski definition) is 5. The van der Waals surface area contributed by atoms with Gasteiger partial charge in [-0.2, -0.15) is 0 Å². The molecule has 7 nitrogen and oxygen atoms in total. The summed E-state index contributed by atoms with van der Waals surface area (Å²) in [5.74, 6) is -0.646. The first-order chi connectivity index (χ1) is 8.11. The number of rotatable bonds is 2. The van der Waals surface area contributed by atoms with Crippen LogP contribution in [0.1, 0.15) is 19.3 Å². The molecule has 4 N–H and O–H groups in total. The van der Waals surface area contributed by atoms with Gasteiger partial charge in [0.05, 0.1) is 6.33 Å². The topological polar surface area (TPSA) is 112 Å². The zero-order valence-electron chi connectivity index (χ0n) is 9.22. The summed E-state index contributed by atoms with van der Waals surface area (Å²) in [4.78, 5) is 30.4. The van der Waals surface area contributed by atoms with Crippen molar-refractivity contribution in [2.45, 2.75) is 25.3 Å². The van der Waals surface area contributed by atoms with Gasteiger partial charge in [-0.25, -0.2) is 9.78 Å². The molecule has 0 amide bonds. The van der Waals surface area contributed by atoms with Gasteiger partial charge in [0.15, 0.2) is 5.82 Å².